The highest BCUT2D eigenvalue weighted by molar-refractivity contribution is 6.05. The van der Waals surface area contributed by atoms with Crippen molar-refractivity contribution in [2.45, 2.75) is 13.8 Å². The van der Waals surface area contributed by atoms with Crippen molar-refractivity contribution in [1.29, 1.82) is 0 Å². The molecule has 2 aliphatic heterocycles. The second-order valence-corrected chi connectivity index (χ2v) is 10.4. The molecule has 0 bridgehead atoms. The average molecular weight is 583 g/mol. The Morgan fingerprint density at radius 1 is 0.698 bits per heavy atom. The average Bonchev–Trinajstić information content (AvgIpc) is 3.72. The van der Waals surface area contributed by atoms with Gasteiger partial charge >= 0.3 is 18.0 Å². The third-order valence-electron chi connectivity index (χ3n) is 6.41. The molecule has 0 unspecified atom stereocenters. The predicted octanol–water partition coefficient (Wildman–Crippen LogP) is 4.49. The van der Waals surface area contributed by atoms with E-state index in [1.54, 1.807) is 30.3 Å². The van der Waals surface area contributed by atoms with Crippen LogP contribution in [0.1, 0.15) is 35.3 Å². The quantitative estimate of drug-likeness (QED) is 0.204. The Balaban J connectivity index is 1.26. The van der Waals surface area contributed by atoms with Gasteiger partial charge < -0.3 is 36.6 Å². The van der Waals surface area contributed by atoms with E-state index in [2.05, 4.69) is 41.9 Å². The van der Waals surface area contributed by atoms with Crippen LogP contribution < -0.4 is 31.9 Å². The van der Waals surface area contributed by atoms with Gasteiger partial charge in [-0.1, -0.05) is 13.8 Å². The lowest BCUT2D eigenvalue weighted by Crippen LogP contribution is -2.22. The van der Waals surface area contributed by atoms with Crippen LogP contribution in [0.4, 0.5) is 32.3 Å². The van der Waals surface area contributed by atoms with Crippen LogP contribution in [0.25, 0.3) is 0 Å². The van der Waals surface area contributed by atoms with E-state index in [4.69, 9.17) is 4.74 Å². The summed E-state index contributed by atoms with van der Waals surface area (Å²) in [5.41, 5.74) is 3.78. The van der Waals surface area contributed by atoms with Crippen molar-refractivity contribution in [2.24, 2.45) is 15.9 Å². The molecule has 0 aromatic heterocycles. The second-order valence-electron chi connectivity index (χ2n) is 10.4. The number of amidine groups is 2. The molecule has 2 heterocycles. The number of nitrogens with one attached hydrogen (secondary N) is 6. The maximum atomic E-state index is 12.8. The number of hydrogen-bond donors (Lipinski definition) is 6. The zero-order valence-corrected chi connectivity index (χ0v) is 24.0. The van der Waals surface area contributed by atoms with Gasteiger partial charge in [0.2, 0.25) is 0 Å². The zero-order valence-electron chi connectivity index (χ0n) is 24.0. The lowest BCUT2D eigenvalue weighted by Gasteiger charge is -2.14. The first-order chi connectivity index (χ1) is 20.8. The summed E-state index contributed by atoms with van der Waals surface area (Å²) < 4.78 is 5.38. The van der Waals surface area contributed by atoms with E-state index in [0.29, 0.717) is 22.7 Å². The molecule has 0 radical (unpaired) electrons. The number of hydrogen-bond acceptors (Lipinski definition) is 8. The Morgan fingerprint density at radius 2 is 1.14 bits per heavy atom. The topological polar surface area (TPSA) is 157 Å². The summed E-state index contributed by atoms with van der Waals surface area (Å²) in [6.45, 7) is 7.19. The monoisotopic (exact) mass is 582 g/mol. The lowest BCUT2D eigenvalue weighted by molar-refractivity contribution is 0.0459. The maximum absolute atomic E-state index is 12.8. The van der Waals surface area contributed by atoms with Crippen LogP contribution in [0.5, 0.6) is 0 Å². The van der Waals surface area contributed by atoms with E-state index in [-0.39, 0.29) is 18.1 Å². The molecule has 222 valence electrons. The molecule has 5 rings (SSSR count). The summed E-state index contributed by atoms with van der Waals surface area (Å²) in [7, 11) is 0. The highest BCUT2D eigenvalue weighted by atomic mass is 16.5. The Bertz CT molecular complexity index is 1450. The van der Waals surface area contributed by atoms with Gasteiger partial charge in [-0.25, -0.2) is 14.4 Å². The van der Waals surface area contributed by atoms with E-state index in [0.717, 1.165) is 49.0 Å². The highest BCUT2D eigenvalue weighted by Crippen LogP contribution is 2.22. The SMILES string of the molecule is CC(C)COC(=O)c1cc(NC(=O)Nc2ccc(C3=NCCN3)cc2)cc(NC(=O)Nc2ccc(C3=NCCN3)cc2)c1. The minimum Gasteiger partial charge on any atom is -0.462 e. The molecule has 3 aromatic carbocycles. The Kier molecular flexibility index (Phi) is 9.15. The number of nitrogens with zero attached hydrogens (tertiary/aromatic N) is 2. The number of amides is 4. The smallest absolute Gasteiger partial charge is 0.338 e. The van der Waals surface area contributed by atoms with Crippen molar-refractivity contribution in [1.82, 2.24) is 10.6 Å². The van der Waals surface area contributed by atoms with Gasteiger partial charge in [0.1, 0.15) is 11.7 Å². The van der Waals surface area contributed by atoms with Crippen LogP contribution in [0.2, 0.25) is 0 Å². The maximum Gasteiger partial charge on any atom is 0.338 e. The number of carbonyl (C=O) groups excluding carboxylic acids is 3. The van der Waals surface area contributed by atoms with Crippen LogP contribution in [-0.4, -0.2) is 62.5 Å². The van der Waals surface area contributed by atoms with E-state index >= 15 is 0 Å². The predicted molar refractivity (Wildman–Crippen MR) is 169 cm³/mol. The number of urea groups is 2. The van der Waals surface area contributed by atoms with Gasteiger partial charge in [-0.15, -0.1) is 0 Å². The van der Waals surface area contributed by atoms with E-state index in [9.17, 15) is 14.4 Å². The standard InChI is InChI=1S/C31H34N8O4/c1-19(2)18-43-29(40)22-15-25(38-30(41)36-23-7-3-20(4-8-23)27-32-11-12-33-27)17-26(16-22)39-31(42)37-24-9-5-21(6-10-24)28-34-13-14-35-28/h3-10,15-17,19H,11-14,18H2,1-2H3,(H,32,33)(H,34,35)(H2,36,38,41)(H2,37,39,42). The summed E-state index contributed by atoms with van der Waals surface area (Å²) >= 11 is 0. The minimum absolute atomic E-state index is 0.144. The van der Waals surface area contributed by atoms with Crippen LogP contribution >= 0.6 is 0 Å². The molecular formula is C31H34N8O4. The number of anilines is 4. The van der Waals surface area contributed by atoms with Crippen molar-refractivity contribution >= 4 is 52.5 Å². The summed E-state index contributed by atoms with van der Waals surface area (Å²) in [5.74, 6) is 1.23. The summed E-state index contributed by atoms with van der Waals surface area (Å²) in [4.78, 5) is 47.2. The Morgan fingerprint density at radius 3 is 1.53 bits per heavy atom. The molecular weight excluding hydrogens is 548 g/mol. The molecule has 6 N–H and O–H groups in total. The molecule has 4 amide bonds. The molecule has 0 fully saturated rings. The number of benzene rings is 3. The van der Waals surface area contributed by atoms with Crippen molar-refractivity contribution in [3.8, 4) is 0 Å². The number of aliphatic imine (C=N–C) groups is 2. The molecule has 12 nitrogen and oxygen atoms in total. The van der Waals surface area contributed by atoms with Crippen LogP contribution in [0, 0.1) is 5.92 Å². The van der Waals surface area contributed by atoms with Gasteiger partial charge in [0, 0.05) is 47.0 Å². The third-order valence-corrected chi connectivity index (χ3v) is 6.41. The van der Waals surface area contributed by atoms with Crippen LogP contribution in [-0.2, 0) is 4.74 Å². The van der Waals surface area contributed by atoms with Gasteiger partial charge in [-0.05, 0) is 72.6 Å². The molecule has 2 aliphatic rings. The molecule has 0 spiro atoms. The van der Waals surface area contributed by atoms with Crippen molar-refractivity contribution in [3.05, 3.63) is 83.4 Å². The number of esters is 1. The first kappa shape index (κ1) is 29.1. The zero-order chi connectivity index (χ0) is 30.2. The van der Waals surface area contributed by atoms with Crippen LogP contribution in [0.15, 0.2) is 76.7 Å². The fraction of sp³-hybridized carbons (Fsp3) is 0.258. The Hall–Kier alpha value is -5.39. The van der Waals surface area contributed by atoms with E-state index in [1.807, 2.05) is 38.1 Å². The lowest BCUT2D eigenvalue weighted by atomic mass is 10.1. The molecule has 3 aromatic rings. The highest BCUT2D eigenvalue weighted by Gasteiger charge is 2.15. The van der Waals surface area contributed by atoms with Gasteiger partial charge in [0.05, 0.1) is 25.3 Å². The summed E-state index contributed by atoms with van der Waals surface area (Å²) in [5, 5.41) is 17.4. The van der Waals surface area contributed by atoms with Gasteiger partial charge in [-0.2, -0.15) is 0 Å². The fourth-order valence-electron chi connectivity index (χ4n) is 4.41. The van der Waals surface area contributed by atoms with Gasteiger partial charge in [0.15, 0.2) is 0 Å². The van der Waals surface area contributed by atoms with Gasteiger partial charge in [-0.3, -0.25) is 9.98 Å². The Labute approximate surface area is 249 Å². The normalized spacial score (nSPS) is 13.7. The van der Waals surface area contributed by atoms with Crippen molar-refractivity contribution in [2.75, 3.05) is 54.1 Å². The van der Waals surface area contributed by atoms with E-state index < -0.39 is 18.0 Å². The first-order valence-electron chi connectivity index (χ1n) is 14.1. The number of ether oxygens (including phenoxy) is 1. The second kappa shape index (κ2) is 13.5. The minimum atomic E-state index is -0.570. The summed E-state index contributed by atoms with van der Waals surface area (Å²) in [6.07, 6.45) is 0. The molecule has 12 heteroatoms. The molecule has 0 atom stereocenters. The first-order valence-corrected chi connectivity index (χ1v) is 14.1. The summed E-state index contributed by atoms with van der Waals surface area (Å²) in [6, 6.07) is 18.1. The molecule has 0 saturated heterocycles. The van der Waals surface area contributed by atoms with Crippen molar-refractivity contribution < 1.29 is 19.1 Å². The van der Waals surface area contributed by atoms with Gasteiger partial charge in [0.25, 0.3) is 0 Å². The third kappa shape index (κ3) is 8.09. The van der Waals surface area contributed by atoms with E-state index in [1.165, 1.54) is 12.1 Å². The largest absolute Gasteiger partial charge is 0.462 e. The van der Waals surface area contributed by atoms with Crippen LogP contribution in [0.3, 0.4) is 0 Å². The van der Waals surface area contributed by atoms with Crippen molar-refractivity contribution in [3.63, 3.8) is 0 Å². The molecule has 43 heavy (non-hydrogen) atoms. The fourth-order valence-corrected chi connectivity index (χ4v) is 4.41. The molecule has 0 saturated carbocycles. The number of carbonyl (C=O) groups is 3. The molecule has 0 aliphatic carbocycles. The number of rotatable bonds is 9.